The second kappa shape index (κ2) is 6.56. The molecule has 5 heteroatoms. The number of hydrogen-bond acceptors (Lipinski definition) is 5. The van der Waals surface area contributed by atoms with Crippen molar-refractivity contribution in [1.82, 2.24) is 9.88 Å². The number of nitrogens with zero attached hydrogens (tertiary/aromatic N) is 2. The van der Waals surface area contributed by atoms with Crippen LogP contribution in [0.3, 0.4) is 0 Å². The summed E-state index contributed by atoms with van der Waals surface area (Å²) in [6.45, 7) is 5.73. The zero-order valence-electron chi connectivity index (χ0n) is 12.3. The van der Waals surface area contributed by atoms with Crippen molar-refractivity contribution in [3.8, 4) is 0 Å². The van der Waals surface area contributed by atoms with Gasteiger partial charge in [-0.05, 0) is 17.5 Å². The van der Waals surface area contributed by atoms with E-state index in [1.165, 1.54) is 16.0 Å². The summed E-state index contributed by atoms with van der Waals surface area (Å²) >= 11 is 1.57. The van der Waals surface area contributed by atoms with E-state index in [0.29, 0.717) is 5.13 Å². The van der Waals surface area contributed by atoms with E-state index >= 15 is 0 Å². The normalized spacial score (nSPS) is 19.8. The van der Waals surface area contributed by atoms with Gasteiger partial charge < -0.3 is 10.5 Å². The number of nitrogens with two attached hydrogens (primary N) is 1. The van der Waals surface area contributed by atoms with Crippen LogP contribution >= 0.6 is 11.3 Å². The van der Waals surface area contributed by atoms with Gasteiger partial charge in [-0.25, -0.2) is 4.98 Å². The van der Waals surface area contributed by atoms with Gasteiger partial charge in [0, 0.05) is 30.7 Å². The SMILES string of the molecule is CCc1ccc(C2CN(Cc3cnc(N)s3)CCO2)cc1. The Hall–Kier alpha value is -1.43. The van der Waals surface area contributed by atoms with Gasteiger partial charge in [0.25, 0.3) is 0 Å². The van der Waals surface area contributed by atoms with Crippen LogP contribution in [0.5, 0.6) is 0 Å². The van der Waals surface area contributed by atoms with E-state index in [1.807, 2.05) is 6.20 Å². The standard InChI is InChI=1S/C16H21N3OS/c1-2-12-3-5-13(6-4-12)15-11-19(7-8-20-15)10-14-9-18-16(17)21-14/h3-6,9,15H,2,7-8,10-11H2,1H3,(H2,17,18). The molecule has 1 aromatic heterocycles. The molecule has 0 bridgehead atoms. The number of benzene rings is 1. The van der Waals surface area contributed by atoms with Gasteiger partial charge >= 0.3 is 0 Å². The van der Waals surface area contributed by atoms with Gasteiger partial charge in [-0.2, -0.15) is 0 Å². The monoisotopic (exact) mass is 303 g/mol. The number of hydrogen-bond donors (Lipinski definition) is 1. The molecule has 1 fully saturated rings. The third-order valence-electron chi connectivity index (χ3n) is 3.86. The lowest BCUT2D eigenvalue weighted by molar-refractivity contribution is -0.0326. The van der Waals surface area contributed by atoms with Gasteiger partial charge in [-0.15, -0.1) is 11.3 Å². The summed E-state index contributed by atoms with van der Waals surface area (Å²) in [5.74, 6) is 0. The lowest BCUT2D eigenvalue weighted by Gasteiger charge is -2.32. The molecule has 0 spiro atoms. The minimum atomic E-state index is 0.162. The first-order valence-corrected chi connectivity index (χ1v) is 8.19. The van der Waals surface area contributed by atoms with Gasteiger partial charge in [0.05, 0.1) is 12.7 Å². The Bertz CT molecular complexity index is 581. The summed E-state index contributed by atoms with van der Waals surface area (Å²) in [7, 11) is 0. The van der Waals surface area contributed by atoms with Crippen molar-refractivity contribution in [1.29, 1.82) is 0 Å². The van der Waals surface area contributed by atoms with Crippen LogP contribution in [-0.4, -0.2) is 29.6 Å². The fourth-order valence-electron chi connectivity index (χ4n) is 2.63. The van der Waals surface area contributed by atoms with Crippen molar-refractivity contribution < 1.29 is 4.74 Å². The largest absolute Gasteiger partial charge is 0.375 e. The highest BCUT2D eigenvalue weighted by atomic mass is 32.1. The van der Waals surface area contributed by atoms with E-state index in [4.69, 9.17) is 10.5 Å². The first-order chi connectivity index (χ1) is 10.2. The molecule has 1 aliphatic rings. The van der Waals surface area contributed by atoms with E-state index < -0.39 is 0 Å². The second-order valence-corrected chi connectivity index (χ2v) is 6.50. The average Bonchev–Trinajstić information content (AvgIpc) is 2.93. The number of anilines is 1. The number of morpholine rings is 1. The molecule has 21 heavy (non-hydrogen) atoms. The van der Waals surface area contributed by atoms with E-state index in [2.05, 4.69) is 41.1 Å². The van der Waals surface area contributed by atoms with Crippen LogP contribution in [0.2, 0.25) is 0 Å². The van der Waals surface area contributed by atoms with E-state index in [0.717, 1.165) is 32.7 Å². The van der Waals surface area contributed by atoms with Crippen molar-refractivity contribution in [3.63, 3.8) is 0 Å². The average molecular weight is 303 g/mol. The third-order valence-corrected chi connectivity index (χ3v) is 4.67. The topological polar surface area (TPSA) is 51.4 Å². The van der Waals surface area contributed by atoms with Crippen LogP contribution in [0.1, 0.15) is 29.0 Å². The Balaban J connectivity index is 1.64. The second-order valence-electron chi connectivity index (χ2n) is 5.35. The highest BCUT2D eigenvalue weighted by Gasteiger charge is 2.22. The van der Waals surface area contributed by atoms with Crippen LogP contribution in [0.4, 0.5) is 5.13 Å². The molecule has 1 unspecified atom stereocenters. The highest BCUT2D eigenvalue weighted by molar-refractivity contribution is 7.15. The maximum atomic E-state index is 5.93. The molecule has 0 aliphatic carbocycles. The molecule has 1 saturated heterocycles. The van der Waals surface area contributed by atoms with Gasteiger partial charge in [0.15, 0.2) is 5.13 Å². The van der Waals surface area contributed by atoms with Gasteiger partial charge in [0.2, 0.25) is 0 Å². The zero-order valence-corrected chi connectivity index (χ0v) is 13.1. The first kappa shape index (κ1) is 14.5. The summed E-state index contributed by atoms with van der Waals surface area (Å²) in [6.07, 6.45) is 3.11. The van der Waals surface area contributed by atoms with Crippen molar-refractivity contribution >= 4 is 16.5 Å². The van der Waals surface area contributed by atoms with Crippen LogP contribution in [-0.2, 0) is 17.7 Å². The summed E-state index contributed by atoms with van der Waals surface area (Å²) in [5.41, 5.74) is 8.33. The lowest BCUT2D eigenvalue weighted by atomic mass is 10.0. The molecule has 3 rings (SSSR count). The quantitative estimate of drug-likeness (QED) is 0.943. The molecule has 1 aromatic carbocycles. The fourth-order valence-corrected chi connectivity index (χ4v) is 3.36. The van der Waals surface area contributed by atoms with Crippen molar-refractivity contribution in [2.75, 3.05) is 25.4 Å². The minimum Gasteiger partial charge on any atom is -0.375 e. The molecular weight excluding hydrogens is 282 g/mol. The highest BCUT2D eigenvalue weighted by Crippen LogP contribution is 2.25. The molecule has 2 aromatic rings. The van der Waals surface area contributed by atoms with E-state index in [-0.39, 0.29) is 6.10 Å². The Morgan fingerprint density at radius 1 is 1.38 bits per heavy atom. The summed E-state index contributed by atoms with van der Waals surface area (Å²) in [6, 6.07) is 8.78. The Morgan fingerprint density at radius 3 is 2.86 bits per heavy atom. The summed E-state index contributed by atoms with van der Waals surface area (Å²) in [5, 5.41) is 0.643. The number of rotatable bonds is 4. The van der Waals surface area contributed by atoms with Crippen LogP contribution < -0.4 is 5.73 Å². The lowest BCUT2D eigenvalue weighted by Crippen LogP contribution is -2.37. The van der Waals surface area contributed by atoms with Gasteiger partial charge in [0.1, 0.15) is 0 Å². The maximum absolute atomic E-state index is 5.93. The Labute approximate surface area is 129 Å². The maximum Gasteiger partial charge on any atom is 0.180 e. The van der Waals surface area contributed by atoms with Crippen molar-refractivity contribution in [2.24, 2.45) is 0 Å². The summed E-state index contributed by atoms with van der Waals surface area (Å²) < 4.78 is 5.93. The predicted octanol–water partition coefficient (Wildman–Crippen LogP) is 2.86. The van der Waals surface area contributed by atoms with Gasteiger partial charge in [-0.1, -0.05) is 31.2 Å². The number of aromatic nitrogens is 1. The Kier molecular flexibility index (Phi) is 4.53. The number of aryl methyl sites for hydroxylation is 1. The van der Waals surface area contributed by atoms with Crippen molar-refractivity contribution in [2.45, 2.75) is 26.0 Å². The third kappa shape index (κ3) is 3.61. The zero-order chi connectivity index (χ0) is 14.7. The molecule has 112 valence electrons. The van der Waals surface area contributed by atoms with Gasteiger partial charge in [-0.3, -0.25) is 4.90 Å². The molecule has 1 aliphatic heterocycles. The molecule has 0 radical (unpaired) electrons. The molecular formula is C16H21N3OS. The molecule has 4 nitrogen and oxygen atoms in total. The van der Waals surface area contributed by atoms with Crippen LogP contribution in [0.25, 0.3) is 0 Å². The first-order valence-electron chi connectivity index (χ1n) is 7.37. The number of thiazole rings is 1. The molecule has 1 atom stereocenters. The molecule has 0 saturated carbocycles. The predicted molar refractivity (Wildman–Crippen MR) is 86.3 cm³/mol. The van der Waals surface area contributed by atoms with E-state index in [1.54, 1.807) is 11.3 Å². The van der Waals surface area contributed by atoms with Crippen LogP contribution in [0, 0.1) is 0 Å². The summed E-state index contributed by atoms with van der Waals surface area (Å²) in [4.78, 5) is 7.75. The molecule has 2 N–H and O–H groups in total. The molecule has 2 heterocycles. The number of ether oxygens (including phenoxy) is 1. The Morgan fingerprint density at radius 2 is 2.19 bits per heavy atom. The van der Waals surface area contributed by atoms with Crippen molar-refractivity contribution in [3.05, 3.63) is 46.5 Å². The number of nitrogen functional groups attached to an aromatic ring is 1. The van der Waals surface area contributed by atoms with Crippen LogP contribution in [0.15, 0.2) is 30.5 Å². The smallest absolute Gasteiger partial charge is 0.180 e. The fraction of sp³-hybridized carbons (Fsp3) is 0.438. The van der Waals surface area contributed by atoms with E-state index in [9.17, 15) is 0 Å². The minimum absolute atomic E-state index is 0.162. The molecule has 0 amide bonds.